The van der Waals surface area contributed by atoms with E-state index in [1.165, 1.54) is 10.4 Å². The van der Waals surface area contributed by atoms with Crippen molar-refractivity contribution >= 4 is 54.8 Å². The highest BCUT2D eigenvalue weighted by atomic mass is 35.5. The summed E-state index contributed by atoms with van der Waals surface area (Å²) in [5.74, 6) is 0.302. The molecular formula is C35H41ClFN5O3S+2. The van der Waals surface area contributed by atoms with Crippen LogP contribution in [0.25, 0.3) is 21.8 Å². The molecule has 0 unspecified atom stereocenters. The normalized spacial score (nSPS) is 11.8. The quantitative estimate of drug-likeness (QED) is 0.118. The monoisotopic (exact) mass is 665 g/mol. The van der Waals surface area contributed by atoms with E-state index in [9.17, 15) is 12.8 Å². The number of hydrogen-bond acceptors (Lipinski definition) is 5. The summed E-state index contributed by atoms with van der Waals surface area (Å²) in [7, 11) is 1.74. The molecule has 5 rings (SSSR count). The summed E-state index contributed by atoms with van der Waals surface area (Å²) in [5.41, 5.74) is 5.82. The van der Waals surface area contributed by atoms with Crippen LogP contribution in [0.2, 0.25) is 5.02 Å². The Bertz CT molecular complexity index is 1990. The van der Waals surface area contributed by atoms with Crippen LogP contribution in [0.15, 0.2) is 77.7 Å². The Hall–Kier alpha value is -3.99. The van der Waals surface area contributed by atoms with Gasteiger partial charge in [-0.1, -0.05) is 11.6 Å². The predicted molar refractivity (Wildman–Crippen MR) is 183 cm³/mol. The van der Waals surface area contributed by atoms with Gasteiger partial charge >= 0.3 is 0 Å². The van der Waals surface area contributed by atoms with Crippen LogP contribution >= 0.6 is 11.6 Å². The average molecular weight is 666 g/mol. The number of pyridine rings is 2. The van der Waals surface area contributed by atoms with E-state index >= 15 is 0 Å². The van der Waals surface area contributed by atoms with Crippen molar-refractivity contribution in [3.05, 3.63) is 95.0 Å². The Labute approximate surface area is 275 Å². The molecule has 0 bridgehead atoms. The lowest BCUT2D eigenvalue weighted by atomic mass is 10.1. The van der Waals surface area contributed by atoms with E-state index in [1.807, 2.05) is 62.8 Å². The molecule has 11 heteroatoms. The Morgan fingerprint density at radius 2 is 1.37 bits per heavy atom. The first-order valence-electron chi connectivity index (χ1n) is 15.3. The van der Waals surface area contributed by atoms with E-state index in [1.54, 1.807) is 43.5 Å². The molecular weight excluding hydrogens is 625 g/mol. The number of methoxy groups -OCH3 is 1. The second-order valence-corrected chi connectivity index (χ2v) is 13.9. The number of aromatic nitrogens is 2. The Morgan fingerprint density at radius 1 is 0.783 bits per heavy atom. The van der Waals surface area contributed by atoms with Gasteiger partial charge in [0.25, 0.3) is 0 Å². The van der Waals surface area contributed by atoms with E-state index in [-0.39, 0.29) is 17.3 Å². The average Bonchev–Trinajstić information content (AvgIpc) is 3.04. The summed E-state index contributed by atoms with van der Waals surface area (Å²) in [6.45, 7) is 5.66. The summed E-state index contributed by atoms with van der Waals surface area (Å²) < 4.78 is 52.7. The number of aryl methyl sites for hydroxylation is 4. The van der Waals surface area contributed by atoms with Crippen LogP contribution in [0.3, 0.4) is 0 Å². The van der Waals surface area contributed by atoms with Crippen LogP contribution in [-0.4, -0.2) is 46.0 Å². The van der Waals surface area contributed by atoms with Gasteiger partial charge in [0, 0.05) is 69.3 Å². The van der Waals surface area contributed by atoms with Gasteiger partial charge in [0.05, 0.1) is 34.2 Å². The summed E-state index contributed by atoms with van der Waals surface area (Å²) in [5, 5.41) is 9.32. The summed E-state index contributed by atoms with van der Waals surface area (Å²) in [6, 6.07) is 21.1. The third-order valence-corrected chi connectivity index (χ3v) is 10.7. The minimum Gasteiger partial charge on any atom is -0.497 e. The zero-order valence-electron chi connectivity index (χ0n) is 26.9. The van der Waals surface area contributed by atoms with Gasteiger partial charge in [-0.2, -0.15) is 13.4 Å². The number of ether oxygens (including phenoxy) is 1. The van der Waals surface area contributed by atoms with Crippen LogP contribution < -0.4 is 24.5 Å². The molecule has 0 aliphatic rings. The number of nitrogens with zero attached hydrogens (tertiary/aromatic N) is 3. The maximum atomic E-state index is 14.1. The van der Waals surface area contributed by atoms with Crippen molar-refractivity contribution in [2.45, 2.75) is 31.6 Å². The van der Waals surface area contributed by atoms with Crippen LogP contribution in [-0.2, 0) is 24.1 Å². The number of unbranched alkanes of at least 4 members (excludes halogenated alkanes) is 1. The highest BCUT2D eigenvalue weighted by Crippen LogP contribution is 2.26. The van der Waals surface area contributed by atoms with Gasteiger partial charge in [0.1, 0.15) is 25.7 Å². The van der Waals surface area contributed by atoms with Crippen molar-refractivity contribution in [1.29, 1.82) is 0 Å². The minimum atomic E-state index is -3.78. The van der Waals surface area contributed by atoms with E-state index in [0.29, 0.717) is 36.8 Å². The maximum Gasteiger partial charge on any atom is 0.243 e. The number of halogens is 2. The molecule has 46 heavy (non-hydrogen) atoms. The summed E-state index contributed by atoms with van der Waals surface area (Å²) >= 11 is 6.33. The number of benzene rings is 3. The molecule has 0 aliphatic heterocycles. The number of sulfonamides is 1. The molecule has 5 aromatic rings. The SMILES string of the molecule is COc1ccc(S(=O)(=O)N(CCCCNc2cc(C)[n+](C)c3ccc(F)cc23)CCNc2cc(C)[n+](C)c3ccc(Cl)cc23)cc1. The highest BCUT2D eigenvalue weighted by molar-refractivity contribution is 7.89. The van der Waals surface area contributed by atoms with Gasteiger partial charge in [-0.05, 0) is 61.4 Å². The van der Waals surface area contributed by atoms with E-state index < -0.39 is 10.0 Å². The first kappa shape index (κ1) is 33.4. The maximum absolute atomic E-state index is 14.1. The topological polar surface area (TPSA) is 78.4 Å². The second-order valence-electron chi connectivity index (χ2n) is 11.5. The number of rotatable bonds is 13. The number of hydrogen-bond donors (Lipinski definition) is 2. The zero-order valence-corrected chi connectivity index (χ0v) is 28.5. The molecule has 3 aromatic carbocycles. The summed E-state index contributed by atoms with van der Waals surface area (Å²) in [6.07, 6.45) is 1.35. The molecule has 2 N–H and O–H groups in total. The number of fused-ring (bicyclic) bond motifs is 2. The Balaban J connectivity index is 1.30. The van der Waals surface area contributed by atoms with Crippen LogP contribution in [0.1, 0.15) is 24.2 Å². The van der Waals surface area contributed by atoms with Crippen molar-refractivity contribution in [3.63, 3.8) is 0 Å². The molecule has 0 aliphatic carbocycles. The highest BCUT2D eigenvalue weighted by Gasteiger charge is 2.24. The summed E-state index contributed by atoms with van der Waals surface area (Å²) in [4.78, 5) is 0.215. The van der Waals surface area contributed by atoms with E-state index in [2.05, 4.69) is 15.2 Å². The van der Waals surface area contributed by atoms with Crippen LogP contribution in [0, 0.1) is 19.7 Å². The Kier molecular flexibility index (Phi) is 10.3. The van der Waals surface area contributed by atoms with Crippen LogP contribution in [0.5, 0.6) is 5.75 Å². The van der Waals surface area contributed by atoms with Gasteiger partial charge in [0.2, 0.25) is 21.1 Å². The predicted octanol–water partition coefficient (Wildman–Crippen LogP) is 6.06. The number of nitrogens with one attached hydrogen (secondary N) is 2. The number of anilines is 2. The third kappa shape index (κ3) is 7.19. The fourth-order valence-corrected chi connectivity index (χ4v) is 7.32. The fraction of sp³-hybridized carbons (Fsp3) is 0.314. The first-order chi connectivity index (χ1) is 22.0. The molecule has 2 aromatic heterocycles. The van der Waals surface area contributed by atoms with Crippen LogP contribution in [0.4, 0.5) is 15.8 Å². The largest absolute Gasteiger partial charge is 0.497 e. The molecule has 0 radical (unpaired) electrons. The van der Waals surface area contributed by atoms with Crippen molar-refractivity contribution in [2.24, 2.45) is 14.1 Å². The molecule has 0 saturated carbocycles. The van der Waals surface area contributed by atoms with E-state index in [0.717, 1.165) is 51.0 Å². The molecule has 0 amide bonds. The first-order valence-corrected chi connectivity index (χ1v) is 17.1. The molecule has 0 fully saturated rings. The minimum absolute atomic E-state index is 0.215. The molecule has 0 atom stereocenters. The second kappa shape index (κ2) is 14.2. The van der Waals surface area contributed by atoms with Crippen molar-refractivity contribution in [3.8, 4) is 5.75 Å². The van der Waals surface area contributed by atoms with Gasteiger partial charge < -0.3 is 15.4 Å². The van der Waals surface area contributed by atoms with Gasteiger partial charge in [-0.25, -0.2) is 12.8 Å². The lowest BCUT2D eigenvalue weighted by Crippen LogP contribution is -2.36. The van der Waals surface area contributed by atoms with Gasteiger partial charge in [0.15, 0.2) is 11.4 Å². The lowest BCUT2D eigenvalue weighted by Gasteiger charge is -2.23. The zero-order chi connectivity index (χ0) is 33.0. The van der Waals surface area contributed by atoms with Crippen molar-refractivity contribution < 1.29 is 26.7 Å². The molecule has 2 heterocycles. The molecule has 0 saturated heterocycles. The van der Waals surface area contributed by atoms with Crippen molar-refractivity contribution in [2.75, 3.05) is 43.9 Å². The van der Waals surface area contributed by atoms with Crippen molar-refractivity contribution in [1.82, 2.24) is 4.31 Å². The molecule has 8 nitrogen and oxygen atoms in total. The standard InChI is InChI=1S/C35H39ClFN5O3S/c1-24-20-32(30-22-26(36)8-14-34(30)40(24)3)39-17-19-42(46(43,44)29-12-10-28(45-5)11-13-29)18-7-6-16-38-33-21-25(2)41(4)35-15-9-27(37)23-31(33)35/h8-15,20-23H,6-7,16-19H2,1-5H3/p+2. The van der Waals surface area contributed by atoms with Gasteiger partial charge in [-0.3, -0.25) is 0 Å². The smallest absolute Gasteiger partial charge is 0.243 e. The van der Waals surface area contributed by atoms with E-state index in [4.69, 9.17) is 16.3 Å². The third-order valence-electron chi connectivity index (χ3n) is 8.51. The van der Waals surface area contributed by atoms with Gasteiger partial charge in [-0.15, -0.1) is 0 Å². The lowest BCUT2D eigenvalue weighted by molar-refractivity contribution is -0.651. The fourth-order valence-electron chi connectivity index (χ4n) is 5.67. The molecule has 0 spiro atoms. The molecule has 242 valence electrons. The Morgan fingerprint density at radius 3 is 2.00 bits per heavy atom.